The summed E-state index contributed by atoms with van der Waals surface area (Å²) in [5.41, 5.74) is 1.13. The zero-order chi connectivity index (χ0) is 12.5. The summed E-state index contributed by atoms with van der Waals surface area (Å²) in [7, 11) is 0. The van der Waals surface area contributed by atoms with Crippen LogP contribution in [0.1, 0.15) is 18.9 Å². The average molecular weight is 233 g/mol. The Morgan fingerprint density at radius 3 is 3.00 bits per heavy atom. The van der Waals surface area contributed by atoms with Crippen molar-refractivity contribution < 1.29 is 5.11 Å². The van der Waals surface area contributed by atoms with Crippen LogP contribution in [0.25, 0.3) is 0 Å². The van der Waals surface area contributed by atoms with Gasteiger partial charge in [0.2, 0.25) is 0 Å². The predicted molar refractivity (Wildman–Crippen MR) is 66.0 cm³/mol. The smallest absolute Gasteiger partial charge is 0.0635 e. The quantitative estimate of drug-likeness (QED) is 0.774. The van der Waals surface area contributed by atoms with Gasteiger partial charge in [0.05, 0.1) is 6.07 Å². The minimum atomic E-state index is 0.177. The third-order valence-electron chi connectivity index (χ3n) is 2.55. The van der Waals surface area contributed by atoms with Crippen molar-refractivity contribution in [2.75, 3.05) is 19.7 Å². The standard InChI is InChI=1S/C13H19N3O/c1-12(11-17)9-16(7-3-5-14)10-13-4-2-6-15-8-13/h2,4,6,8,12,17H,3,7,9-11H2,1H3. The van der Waals surface area contributed by atoms with Crippen molar-refractivity contribution in [3.05, 3.63) is 30.1 Å². The molecule has 4 nitrogen and oxygen atoms in total. The minimum absolute atomic E-state index is 0.177. The number of aromatic nitrogens is 1. The average Bonchev–Trinajstić information content (AvgIpc) is 2.37. The highest BCUT2D eigenvalue weighted by atomic mass is 16.3. The van der Waals surface area contributed by atoms with Crippen molar-refractivity contribution in [2.24, 2.45) is 5.92 Å². The van der Waals surface area contributed by atoms with Crippen LogP contribution in [-0.2, 0) is 6.54 Å². The lowest BCUT2D eigenvalue weighted by Crippen LogP contribution is -2.30. The highest BCUT2D eigenvalue weighted by Gasteiger charge is 2.10. The fraction of sp³-hybridized carbons (Fsp3) is 0.538. The summed E-state index contributed by atoms with van der Waals surface area (Å²) in [6.07, 6.45) is 4.10. The molecule has 1 atom stereocenters. The molecule has 1 aromatic rings. The van der Waals surface area contributed by atoms with Crippen molar-refractivity contribution >= 4 is 0 Å². The summed E-state index contributed by atoms with van der Waals surface area (Å²) >= 11 is 0. The van der Waals surface area contributed by atoms with Crippen LogP contribution in [0.4, 0.5) is 0 Å². The second-order valence-corrected chi connectivity index (χ2v) is 4.29. The molecule has 0 aliphatic rings. The van der Waals surface area contributed by atoms with Gasteiger partial charge in [0.1, 0.15) is 0 Å². The molecule has 1 N–H and O–H groups in total. The van der Waals surface area contributed by atoms with Crippen molar-refractivity contribution in [3.8, 4) is 6.07 Å². The molecular weight excluding hydrogens is 214 g/mol. The second kappa shape index (κ2) is 7.77. The molecule has 17 heavy (non-hydrogen) atoms. The van der Waals surface area contributed by atoms with Gasteiger partial charge in [0, 0.05) is 45.1 Å². The van der Waals surface area contributed by atoms with E-state index in [0.29, 0.717) is 6.42 Å². The SMILES string of the molecule is CC(CO)CN(CCC#N)Cc1cccnc1. The van der Waals surface area contributed by atoms with E-state index in [4.69, 9.17) is 10.4 Å². The van der Waals surface area contributed by atoms with Gasteiger partial charge in [-0.05, 0) is 17.5 Å². The molecule has 1 rings (SSSR count). The summed E-state index contributed by atoms with van der Waals surface area (Å²) in [5, 5.41) is 17.7. The van der Waals surface area contributed by atoms with Crippen LogP contribution in [0.15, 0.2) is 24.5 Å². The van der Waals surface area contributed by atoms with E-state index in [1.165, 1.54) is 0 Å². The first kappa shape index (κ1) is 13.6. The highest BCUT2D eigenvalue weighted by Crippen LogP contribution is 2.07. The molecule has 0 bridgehead atoms. The molecule has 0 amide bonds. The Kier molecular flexibility index (Phi) is 6.23. The van der Waals surface area contributed by atoms with Gasteiger partial charge in [0.25, 0.3) is 0 Å². The van der Waals surface area contributed by atoms with Crippen LogP contribution < -0.4 is 0 Å². The van der Waals surface area contributed by atoms with Gasteiger partial charge in [-0.25, -0.2) is 0 Å². The molecule has 0 aliphatic carbocycles. The zero-order valence-corrected chi connectivity index (χ0v) is 10.2. The first-order chi connectivity index (χ1) is 8.26. The van der Waals surface area contributed by atoms with E-state index < -0.39 is 0 Å². The maximum absolute atomic E-state index is 9.07. The minimum Gasteiger partial charge on any atom is -0.396 e. The van der Waals surface area contributed by atoms with E-state index in [-0.39, 0.29) is 12.5 Å². The second-order valence-electron chi connectivity index (χ2n) is 4.29. The third kappa shape index (κ3) is 5.43. The van der Waals surface area contributed by atoms with Gasteiger partial charge in [-0.3, -0.25) is 9.88 Å². The van der Waals surface area contributed by atoms with Crippen LogP contribution >= 0.6 is 0 Å². The van der Waals surface area contributed by atoms with Crippen molar-refractivity contribution in [1.29, 1.82) is 5.26 Å². The molecule has 1 unspecified atom stereocenters. The molecule has 4 heteroatoms. The van der Waals surface area contributed by atoms with Crippen molar-refractivity contribution in [3.63, 3.8) is 0 Å². The van der Waals surface area contributed by atoms with Gasteiger partial charge in [-0.2, -0.15) is 5.26 Å². The maximum atomic E-state index is 9.07. The van der Waals surface area contributed by atoms with Crippen LogP contribution in [0.3, 0.4) is 0 Å². The van der Waals surface area contributed by atoms with E-state index in [1.54, 1.807) is 6.20 Å². The van der Waals surface area contributed by atoms with Crippen LogP contribution in [0.5, 0.6) is 0 Å². The Hall–Kier alpha value is -1.44. The van der Waals surface area contributed by atoms with Gasteiger partial charge in [-0.1, -0.05) is 13.0 Å². The lowest BCUT2D eigenvalue weighted by molar-refractivity contribution is 0.170. The largest absolute Gasteiger partial charge is 0.396 e. The summed E-state index contributed by atoms with van der Waals surface area (Å²) in [4.78, 5) is 6.26. The number of pyridine rings is 1. The molecule has 0 aliphatic heterocycles. The Balaban J connectivity index is 2.54. The normalized spacial score (nSPS) is 12.4. The molecule has 0 aromatic carbocycles. The van der Waals surface area contributed by atoms with E-state index in [1.807, 2.05) is 25.3 Å². The van der Waals surface area contributed by atoms with Crippen molar-refractivity contribution in [1.82, 2.24) is 9.88 Å². The molecule has 1 heterocycles. The fourth-order valence-electron chi connectivity index (χ4n) is 1.69. The monoisotopic (exact) mass is 233 g/mol. The van der Waals surface area contributed by atoms with Gasteiger partial charge in [-0.15, -0.1) is 0 Å². The lowest BCUT2D eigenvalue weighted by Gasteiger charge is -2.23. The summed E-state index contributed by atoms with van der Waals surface area (Å²) in [6.45, 7) is 4.49. The van der Waals surface area contributed by atoms with Gasteiger partial charge >= 0.3 is 0 Å². The first-order valence-corrected chi connectivity index (χ1v) is 5.85. The summed E-state index contributed by atoms with van der Waals surface area (Å²) in [5.74, 6) is 0.227. The topological polar surface area (TPSA) is 60.1 Å². The Labute approximate surface area is 103 Å². The van der Waals surface area contributed by atoms with E-state index >= 15 is 0 Å². The molecule has 1 aromatic heterocycles. The highest BCUT2D eigenvalue weighted by molar-refractivity contribution is 5.08. The Morgan fingerprint density at radius 2 is 2.41 bits per heavy atom. The lowest BCUT2D eigenvalue weighted by atomic mass is 10.1. The van der Waals surface area contributed by atoms with E-state index in [0.717, 1.165) is 25.2 Å². The number of aliphatic hydroxyl groups is 1. The number of aliphatic hydroxyl groups excluding tert-OH is 1. The predicted octanol–water partition coefficient (Wildman–Crippen LogP) is 1.43. The fourth-order valence-corrected chi connectivity index (χ4v) is 1.69. The maximum Gasteiger partial charge on any atom is 0.0635 e. The summed E-state index contributed by atoms with van der Waals surface area (Å²) < 4.78 is 0. The number of nitriles is 1. The molecule has 0 spiro atoms. The first-order valence-electron chi connectivity index (χ1n) is 5.85. The van der Waals surface area contributed by atoms with Gasteiger partial charge < -0.3 is 5.11 Å². The Morgan fingerprint density at radius 1 is 1.59 bits per heavy atom. The number of nitrogens with zero attached hydrogens (tertiary/aromatic N) is 3. The third-order valence-corrected chi connectivity index (χ3v) is 2.55. The molecule has 92 valence electrons. The number of hydrogen-bond acceptors (Lipinski definition) is 4. The van der Waals surface area contributed by atoms with Crippen LogP contribution in [-0.4, -0.2) is 34.7 Å². The van der Waals surface area contributed by atoms with E-state index in [9.17, 15) is 0 Å². The summed E-state index contributed by atoms with van der Waals surface area (Å²) in [6, 6.07) is 6.09. The molecular formula is C13H19N3O. The Bertz CT molecular complexity index is 347. The van der Waals surface area contributed by atoms with E-state index in [2.05, 4.69) is 16.0 Å². The molecule has 0 saturated heterocycles. The number of hydrogen-bond donors (Lipinski definition) is 1. The zero-order valence-electron chi connectivity index (χ0n) is 10.2. The van der Waals surface area contributed by atoms with Crippen molar-refractivity contribution in [2.45, 2.75) is 19.9 Å². The molecule has 0 radical (unpaired) electrons. The van der Waals surface area contributed by atoms with Crippen LogP contribution in [0.2, 0.25) is 0 Å². The van der Waals surface area contributed by atoms with Crippen LogP contribution in [0, 0.1) is 17.2 Å². The van der Waals surface area contributed by atoms with Gasteiger partial charge in [0.15, 0.2) is 0 Å². The number of rotatable bonds is 7. The molecule has 0 saturated carbocycles. The molecule has 0 fully saturated rings.